The Labute approximate surface area is 652 Å². The highest BCUT2D eigenvalue weighted by Crippen LogP contribution is 2.45. The van der Waals surface area contributed by atoms with E-state index in [0.29, 0.717) is 19.3 Å². The second-order valence-corrected chi connectivity index (χ2v) is 31.2. The van der Waals surface area contributed by atoms with Gasteiger partial charge in [0.2, 0.25) is 0 Å². The van der Waals surface area contributed by atoms with Crippen LogP contribution in [0.25, 0.3) is 0 Å². The van der Waals surface area contributed by atoms with E-state index in [4.69, 9.17) is 32.3 Å². The lowest BCUT2D eigenvalue weighted by Gasteiger charge is -2.21. The minimum Gasteiger partial charge on any atom is -0.463 e. The molecule has 16 nitrogen and oxygen atoms in total. The van der Waals surface area contributed by atoms with Crippen molar-refractivity contribution in [3.8, 4) is 0 Å². The first-order valence-electron chi connectivity index (χ1n) is 42.5. The number of carbonyl (C=O) groups excluding carboxylic acids is 3. The molecule has 0 fully saturated rings. The normalized spacial score (nSPS) is 14.6. The summed E-state index contributed by atoms with van der Waals surface area (Å²) in [6.07, 6.45) is 99.3. The summed E-state index contributed by atoms with van der Waals surface area (Å²) >= 11 is 0. The number of allylic oxidation sites excluding steroid dienone is 22. The molecule has 0 aliphatic carbocycles. The van der Waals surface area contributed by atoms with Gasteiger partial charge in [-0.3, -0.25) is 32.5 Å². The van der Waals surface area contributed by atoms with Gasteiger partial charge in [0.25, 0.3) is 0 Å². The van der Waals surface area contributed by atoms with Crippen molar-refractivity contribution in [3.63, 3.8) is 0 Å². The predicted octanol–water partition coefficient (Wildman–Crippen LogP) is 25.4. The Morgan fingerprint density at radius 2 is 0.495 bits per heavy atom. The molecule has 0 saturated carbocycles. The van der Waals surface area contributed by atoms with Crippen LogP contribution in [0.3, 0.4) is 0 Å². The number of rotatable bonds is 80. The van der Waals surface area contributed by atoms with Gasteiger partial charge >= 0.3 is 33.6 Å². The molecule has 107 heavy (non-hydrogen) atoms. The van der Waals surface area contributed by atoms with Crippen LogP contribution in [-0.2, 0) is 55.8 Å². The molecule has 0 rings (SSSR count). The monoisotopic (exact) mass is 1540 g/mol. The molecule has 18 heteroatoms. The summed E-state index contributed by atoms with van der Waals surface area (Å²) in [5, 5.41) is 20.7. The molecule has 0 aromatic rings. The second kappa shape index (κ2) is 81.2. The number of phosphoric acid groups is 2. The molecule has 0 aliphatic rings. The summed E-state index contributed by atoms with van der Waals surface area (Å²) in [5.41, 5.74) is 0. The van der Waals surface area contributed by atoms with Crippen LogP contribution in [0, 0.1) is 0 Å². The highest BCUT2D eigenvalue weighted by atomic mass is 31.2. The molecule has 0 spiro atoms. The molecule has 616 valence electrons. The van der Waals surface area contributed by atoms with Crippen molar-refractivity contribution in [2.45, 2.75) is 373 Å². The van der Waals surface area contributed by atoms with E-state index in [2.05, 4.69) is 154 Å². The van der Waals surface area contributed by atoms with E-state index in [9.17, 15) is 43.5 Å². The standard InChI is InChI=1S/C89H154O16P2/c1-4-7-10-13-16-19-22-25-28-31-33-35-36-37-38-39-40-41-42-43-44-45-46-48-50-52-54-57-60-63-66-69-72-75-87(92)99-78-84(90)79-101-106(95,96)102-80-85(91)81-103-107(97,98)104-83-86(105-89(94)77-74-71-68-65-62-59-56-51-30-27-24-21-18-15-12-9-6-3)82-100-88(93)76-73-70-67-64-61-58-55-53-49-47-34-32-29-26-23-20-17-14-11-8-5-2/h9,12,16-21,25-30,33-35,37-38,47,53,55,84-86,90-91H,4-8,10-11,13-15,22-24,31-32,36,39-46,48-52,54,56-83H2,1-3H3,(H,95,96)(H,97,98)/b12-9-,19-16-,20-17-,21-18-,28-25-,29-26-,30-27-,35-33-,38-37-,47-34-,55-53-. The van der Waals surface area contributed by atoms with Gasteiger partial charge in [0.15, 0.2) is 6.10 Å². The Morgan fingerprint density at radius 1 is 0.271 bits per heavy atom. The van der Waals surface area contributed by atoms with E-state index in [1.807, 2.05) is 0 Å². The zero-order valence-electron chi connectivity index (χ0n) is 67.5. The van der Waals surface area contributed by atoms with Crippen LogP contribution in [-0.4, -0.2) is 95.9 Å². The largest absolute Gasteiger partial charge is 0.472 e. The van der Waals surface area contributed by atoms with E-state index < -0.39 is 91.5 Å². The molecule has 0 heterocycles. The first-order valence-corrected chi connectivity index (χ1v) is 45.5. The minimum atomic E-state index is -4.94. The Balaban J connectivity index is 4.49. The fraction of sp³-hybridized carbons (Fsp3) is 0.719. The SMILES string of the molecule is CC/C=C\C/C=C\C/C=C\CCCCCCCCCC(=O)OC(COC(=O)CCCCCCC/C=C\C/C=C\C/C=C\C/C=C\CCCCC)COP(=O)(O)OCC(O)COP(=O)(O)OCC(O)COC(=O)CCCCCCCCCCCCCCCCCCC/C=C\C/C=C\C/C=C\C/C=C\CCCCC. The summed E-state index contributed by atoms with van der Waals surface area (Å²) in [6.45, 7) is 2.51. The van der Waals surface area contributed by atoms with Crippen LogP contribution in [0.2, 0.25) is 0 Å². The zero-order valence-corrected chi connectivity index (χ0v) is 69.3. The van der Waals surface area contributed by atoms with Gasteiger partial charge in [-0.25, -0.2) is 9.13 Å². The van der Waals surface area contributed by atoms with E-state index >= 15 is 0 Å². The highest BCUT2D eigenvalue weighted by Gasteiger charge is 2.29. The molecular weight excluding hydrogens is 1390 g/mol. The number of ether oxygens (including phenoxy) is 3. The van der Waals surface area contributed by atoms with E-state index in [0.717, 1.165) is 154 Å². The average molecular weight is 1540 g/mol. The molecule has 5 atom stereocenters. The second-order valence-electron chi connectivity index (χ2n) is 28.2. The molecule has 5 unspecified atom stereocenters. The van der Waals surface area contributed by atoms with Gasteiger partial charge in [-0.05, 0) is 141 Å². The van der Waals surface area contributed by atoms with E-state index in [-0.39, 0.29) is 19.3 Å². The lowest BCUT2D eigenvalue weighted by atomic mass is 10.0. The van der Waals surface area contributed by atoms with Crippen molar-refractivity contribution in [2.24, 2.45) is 0 Å². The van der Waals surface area contributed by atoms with Crippen LogP contribution in [0.1, 0.15) is 355 Å². The van der Waals surface area contributed by atoms with Gasteiger partial charge in [0.1, 0.15) is 25.4 Å². The first-order chi connectivity index (χ1) is 52.2. The van der Waals surface area contributed by atoms with Crippen molar-refractivity contribution < 1.29 is 75.8 Å². The van der Waals surface area contributed by atoms with Gasteiger partial charge < -0.3 is 34.2 Å². The molecule has 4 N–H and O–H groups in total. The Morgan fingerprint density at radius 3 is 0.785 bits per heavy atom. The minimum absolute atomic E-state index is 0.0863. The van der Waals surface area contributed by atoms with Gasteiger partial charge in [0, 0.05) is 19.3 Å². The third kappa shape index (κ3) is 82.5. The molecular formula is C89H154O16P2. The number of carbonyl (C=O) groups is 3. The Bertz CT molecular complexity index is 2480. The summed E-state index contributed by atoms with van der Waals surface area (Å²) in [5.74, 6) is -1.60. The van der Waals surface area contributed by atoms with Gasteiger partial charge in [-0.15, -0.1) is 0 Å². The molecule has 0 bridgehead atoms. The number of aliphatic hydroxyl groups is 2. The van der Waals surface area contributed by atoms with Crippen molar-refractivity contribution in [1.82, 2.24) is 0 Å². The van der Waals surface area contributed by atoms with Crippen LogP contribution >= 0.6 is 15.6 Å². The lowest BCUT2D eigenvalue weighted by Crippen LogP contribution is -2.30. The van der Waals surface area contributed by atoms with Crippen LogP contribution in [0.5, 0.6) is 0 Å². The third-order valence-corrected chi connectivity index (χ3v) is 19.7. The molecule has 0 radical (unpaired) electrons. The molecule has 0 saturated heterocycles. The average Bonchev–Trinajstić information content (AvgIpc) is 0.906. The number of unbranched alkanes of at least 4 members (excludes halogenated alkanes) is 35. The highest BCUT2D eigenvalue weighted by molar-refractivity contribution is 7.47. The van der Waals surface area contributed by atoms with Gasteiger partial charge in [-0.1, -0.05) is 328 Å². The van der Waals surface area contributed by atoms with Crippen LogP contribution in [0.15, 0.2) is 134 Å². The Hall–Kier alpha value is -4.31. The first kappa shape index (κ1) is 103. The topological polar surface area (TPSA) is 231 Å². The van der Waals surface area contributed by atoms with Gasteiger partial charge in [-0.2, -0.15) is 0 Å². The summed E-state index contributed by atoms with van der Waals surface area (Å²) in [6, 6.07) is 0. The number of phosphoric ester groups is 2. The maximum Gasteiger partial charge on any atom is 0.472 e. The fourth-order valence-electron chi connectivity index (χ4n) is 11.4. The van der Waals surface area contributed by atoms with Crippen LogP contribution < -0.4 is 0 Å². The third-order valence-electron chi connectivity index (χ3n) is 17.8. The Kier molecular flexibility index (Phi) is 77.9. The van der Waals surface area contributed by atoms with Crippen molar-refractivity contribution in [2.75, 3.05) is 39.6 Å². The quantitative estimate of drug-likeness (QED) is 0.0146. The van der Waals surface area contributed by atoms with Gasteiger partial charge in [0.05, 0.1) is 26.4 Å². The molecule has 0 aromatic heterocycles. The van der Waals surface area contributed by atoms with E-state index in [1.165, 1.54) is 141 Å². The molecule has 0 aliphatic heterocycles. The van der Waals surface area contributed by atoms with E-state index in [1.54, 1.807) is 0 Å². The number of esters is 3. The van der Waals surface area contributed by atoms with Crippen molar-refractivity contribution in [3.05, 3.63) is 134 Å². The smallest absolute Gasteiger partial charge is 0.463 e. The lowest BCUT2D eigenvalue weighted by molar-refractivity contribution is -0.161. The van der Waals surface area contributed by atoms with Crippen LogP contribution in [0.4, 0.5) is 0 Å². The fourth-order valence-corrected chi connectivity index (χ4v) is 13.0. The maximum atomic E-state index is 13.0. The summed E-state index contributed by atoms with van der Waals surface area (Å²) in [7, 11) is -9.81. The number of hydrogen-bond acceptors (Lipinski definition) is 14. The number of hydrogen-bond donors (Lipinski definition) is 4. The van der Waals surface area contributed by atoms with Crippen molar-refractivity contribution in [1.29, 1.82) is 0 Å². The maximum absolute atomic E-state index is 13.0. The molecule has 0 aromatic carbocycles. The summed E-state index contributed by atoms with van der Waals surface area (Å²) in [4.78, 5) is 58.8. The predicted molar refractivity (Wildman–Crippen MR) is 445 cm³/mol. The zero-order chi connectivity index (χ0) is 78.0. The van der Waals surface area contributed by atoms with Crippen molar-refractivity contribution >= 4 is 33.6 Å². The summed E-state index contributed by atoms with van der Waals surface area (Å²) < 4.78 is 61.2. The molecule has 0 amide bonds. The number of aliphatic hydroxyl groups excluding tert-OH is 2.